The van der Waals surface area contributed by atoms with E-state index in [2.05, 4.69) is 29.0 Å². The summed E-state index contributed by atoms with van der Waals surface area (Å²) >= 11 is 0. The molecule has 0 saturated carbocycles. The number of aromatic nitrogens is 2. The second kappa shape index (κ2) is 5.94. The third kappa shape index (κ3) is 2.92. The molecule has 2 rings (SSSR count). The van der Waals surface area contributed by atoms with Gasteiger partial charge in [-0.25, -0.2) is 9.97 Å². The largest absolute Gasteiger partial charge is 0.472 e. The van der Waals surface area contributed by atoms with Gasteiger partial charge in [0, 0.05) is 37.7 Å². The summed E-state index contributed by atoms with van der Waals surface area (Å²) in [6, 6.07) is 1.97. The predicted molar refractivity (Wildman–Crippen MR) is 81.2 cm³/mol. The van der Waals surface area contributed by atoms with Crippen LogP contribution in [0.1, 0.15) is 36.7 Å². The van der Waals surface area contributed by atoms with Crippen LogP contribution in [0.15, 0.2) is 23.0 Å². The lowest BCUT2D eigenvalue weighted by Gasteiger charge is -2.22. The average molecular weight is 274 g/mol. The number of furan rings is 1. The molecule has 1 N–H and O–H groups in total. The lowest BCUT2D eigenvalue weighted by Crippen LogP contribution is -2.20. The van der Waals surface area contributed by atoms with Gasteiger partial charge in [0.05, 0.1) is 12.5 Å². The van der Waals surface area contributed by atoms with Crippen LogP contribution in [-0.4, -0.2) is 24.1 Å². The Kier molecular flexibility index (Phi) is 4.27. The summed E-state index contributed by atoms with van der Waals surface area (Å²) in [4.78, 5) is 11.4. The van der Waals surface area contributed by atoms with E-state index < -0.39 is 0 Å². The van der Waals surface area contributed by atoms with E-state index in [0.717, 1.165) is 35.1 Å². The van der Waals surface area contributed by atoms with Gasteiger partial charge in [-0.1, -0.05) is 13.8 Å². The molecule has 5 heteroatoms. The van der Waals surface area contributed by atoms with Gasteiger partial charge in [0.15, 0.2) is 0 Å². The number of nitrogens with one attached hydrogen (secondary N) is 1. The summed E-state index contributed by atoms with van der Waals surface area (Å²) < 4.78 is 5.12. The summed E-state index contributed by atoms with van der Waals surface area (Å²) in [6.07, 6.45) is 3.45. The Bertz CT molecular complexity index is 564. The highest BCUT2D eigenvalue weighted by atomic mass is 16.3. The normalized spacial score (nSPS) is 10.9. The molecular formula is C15H22N4O. The highest BCUT2D eigenvalue weighted by Gasteiger charge is 2.15. The van der Waals surface area contributed by atoms with E-state index in [1.165, 1.54) is 0 Å². The fourth-order valence-electron chi connectivity index (χ4n) is 2.13. The standard InChI is InChI=1S/C15H22N4O/c1-10(2)13-17-14(16-4)11(3)15(18-13)19(5)8-12-6-7-20-9-12/h6-7,9-10H,8H2,1-5H3,(H,16,17,18). The topological polar surface area (TPSA) is 54.2 Å². The smallest absolute Gasteiger partial charge is 0.137 e. The second-order valence-electron chi connectivity index (χ2n) is 5.27. The lowest BCUT2D eigenvalue weighted by atomic mass is 10.2. The van der Waals surface area contributed by atoms with E-state index in [-0.39, 0.29) is 0 Å². The van der Waals surface area contributed by atoms with Gasteiger partial charge in [-0.3, -0.25) is 0 Å². The van der Waals surface area contributed by atoms with Gasteiger partial charge in [-0.15, -0.1) is 0 Å². The molecule has 0 saturated heterocycles. The first-order valence-corrected chi connectivity index (χ1v) is 6.81. The maximum Gasteiger partial charge on any atom is 0.137 e. The van der Waals surface area contributed by atoms with E-state index in [9.17, 15) is 0 Å². The molecule has 0 bridgehead atoms. The first-order chi connectivity index (χ1) is 9.52. The van der Waals surface area contributed by atoms with Crippen LogP contribution in [0.3, 0.4) is 0 Å². The van der Waals surface area contributed by atoms with E-state index in [1.54, 1.807) is 12.5 Å². The first-order valence-electron chi connectivity index (χ1n) is 6.81. The minimum Gasteiger partial charge on any atom is -0.472 e. The van der Waals surface area contributed by atoms with Crippen LogP contribution in [0.4, 0.5) is 11.6 Å². The van der Waals surface area contributed by atoms with Crippen LogP contribution in [0, 0.1) is 6.92 Å². The minimum absolute atomic E-state index is 0.295. The quantitative estimate of drug-likeness (QED) is 0.907. The SMILES string of the molecule is CNc1nc(C(C)C)nc(N(C)Cc2ccoc2)c1C. The molecule has 2 aromatic rings. The molecule has 108 valence electrons. The summed E-state index contributed by atoms with van der Waals surface area (Å²) in [5.74, 6) is 2.99. The summed E-state index contributed by atoms with van der Waals surface area (Å²) in [5, 5.41) is 3.15. The number of anilines is 2. The number of nitrogens with zero attached hydrogens (tertiary/aromatic N) is 3. The van der Waals surface area contributed by atoms with Crippen molar-refractivity contribution in [2.24, 2.45) is 0 Å². The molecule has 0 aromatic carbocycles. The van der Waals surface area contributed by atoms with Crippen molar-refractivity contribution in [3.63, 3.8) is 0 Å². The molecule has 0 radical (unpaired) electrons. The highest BCUT2D eigenvalue weighted by Crippen LogP contribution is 2.26. The van der Waals surface area contributed by atoms with Crippen molar-refractivity contribution in [1.82, 2.24) is 9.97 Å². The predicted octanol–water partition coefficient (Wildman–Crippen LogP) is 3.18. The third-order valence-electron chi connectivity index (χ3n) is 3.25. The molecule has 2 aromatic heterocycles. The Balaban J connectivity index is 2.36. The lowest BCUT2D eigenvalue weighted by molar-refractivity contribution is 0.563. The van der Waals surface area contributed by atoms with Gasteiger partial charge in [0.1, 0.15) is 17.5 Å². The van der Waals surface area contributed by atoms with Crippen molar-refractivity contribution in [3.8, 4) is 0 Å². The van der Waals surface area contributed by atoms with Crippen molar-refractivity contribution in [2.75, 3.05) is 24.3 Å². The number of hydrogen-bond donors (Lipinski definition) is 1. The van der Waals surface area contributed by atoms with Gasteiger partial charge in [-0.05, 0) is 13.0 Å². The molecule has 0 fully saturated rings. The minimum atomic E-state index is 0.295. The number of rotatable bonds is 5. The zero-order valence-electron chi connectivity index (χ0n) is 12.8. The first kappa shape index (κ1) is 14.4. The summed E-state index contributed by atoms with van der Waals surface area (Å²) in [6.45, 7) is 7.00. The zero-order chi connectivity index (χ0) is 14.7. The summed E-state index contributed by atoms with van der Waals surface area (Å²) in [7, 11) is 3.92. The molecule has 0 unspecified atom stereocenters. The fraction of sp³-hybridized carbons (Fsp3) is 0.467. The Morgan fingerprint density at radius 3 is 2.65 bits per heavy atom. The molecule has 0 atom stereocenters. The van der Waals surface area contributed by atoms with Crippen LogP contribution in [0.25, 0.3) is 0 Å². The van der Waals surface area contributed by atoms with Crippen LogP contribution in [-0.2, 0) is 6.54 Å². The molecule has 20 heavy (non-hydrogen) atoms. The van der Waals surface area contributed by atoms with Gasteiger partial charge in [0.25, 0.3) is 0 Å². The van der Waals surface area contributed by atoms with Gasteiger partial charge >= 0.3 is 0 Å². The Hall–Kier alpha value is -2.04. The van der Waals surface area contributed by atoms with Crippen molar-refractivity contribution in [1.29, 1.82) is 0 Å². The molecule has 0 amide bonds. The zero-order valence-corrected chi connectivity index (χ0v) is 12.8. The maximum absolute atomic E-state index is 5.12. The van der Waals surface area contributed by atoms with Crippen LogP contribution < -0.4 is 10.2 Å². The Labute approximate surface area is 120 Å². The number of hydrogen-bond acceptors (Lipinski definition) is 5. The van der Waals surface area contributed by atoms with E-state index >= 15 is 0 Å². The molecular weight excluding hydrogens is 252 g/mol. The summed E-state index contributed by atoms with van der Waals surface area (Å²) in [5.41, 5.74) is 2.19. The fourth-order valence-corrected chi connectivity index (χ4v) is 2.13. The third-order valence-corrected chi connectivity index (χ3v) is 3.25. The molecule has 2 heterocycles. The van der Waals surface area contributed by atoms with Crippen LogP contribution in [0.2, 0.25) is 0 Å². The molecule has 0 aliphatic heterocycles. The monoisotopic (exact) mass is 274 g/mol. The van der Waals surface area contributed by atoms with E-state index in [0.29, 0.717) is 5.92 Å². The van der Waals surface area contributed by atoms with Crippen molar-refractivity contribution >= 4 is 11.6 Å². The van der Waals surface area contributed by atoms with Crippen LogP contribution >= 0.6 is 0 Å². The maximum atomic E-state index is 5.12. The Morgan fingerprint density at radius 2 is 2.10 bits per heavy atom. The average Bonchev–Trinajstić information content (AvgIpc) is 2.91. The van der Waals surface area contributed by atoms with E-state index in [4.69, 9.17) is 9.40 Å². The van der Waals surface area contributed by atoms with E-state index in [1.807, 2.05) is 27.1 Å². The van der Waals surface area contributed by atoms with Gasteiger partial charge in [0.2, 0.25) is 0 Å². The van der Waals surface area contributed by atoms with Crippen molar-refractivity contribution in [2.45, 2.75) is 33.2 Å². The van der Waals surface area contributed by atoms with Crippen LogP contribution in [0.5, 0.6) is 0 Å². The molecule has 5 nitrogen and oxygen atoms in total. The van der Waals surface area contributed by atoms with Gasteiger partial charge in [-0.2, -0.15) is 0 Å². The second-order valence-corrected chi connectivity index (χ2v) is 5.27. The van der Waals surface area contributed by atoms with Gasteiger partial charge < -0.3 is 14.6 Å². The molecule has 0 aliphatic rings. The molecule has 0 aliphatic carbocycles. The van der Waals surface area contributed by atoms with Crippen molar-refractivity contribution in [3.05, 3.63) is 35.5 Å². The Morgan fingerprint density at radius 1 is 1.35 bits per heavy atom. The molecule has 0 spiro atoms. The highest BCUT2D eigenvalue weighted by molar-refractivity contribution is 5.58. The van der Waals surface area contributed by atoms with Crippen molar-refractivity contribution < 1.29 is 4.42 Å².